The van der Waals surface area contributed by atoms with Gasteiger partial charge in [0.1, 0.15) is 12.1 Å². The third kappa shape index (κ3) is 8.68. The summed E-state index contributed by atoms with van der Waals surface area (Å²) in [6, 6.07) is 19.4. The van der Waals surface area contributed by atoms with Crippen molar-refractivity contribution in [2.75, 3.05) is 23.7 Å². The molecule has 1 N–H and O–H groups in total. The van der Waals surface area contributed by atoms with E-state index in [-0.39, 0.29) is 11.8 Å². The Morgan fingerprint density at radius 3 is 2.54 bits per heavy atom. The van der Waals surface area contributed by atoms with Gasteiger partial charge in [0.25, 0.3) is 0 Å². The van der Waals surface area contributed by atoms with E-state index in [1.165, 1.54) is 46.4 Å². The largest absolute Gasteiger partial charge is 0.573 e. The number of rotatable bonds is 10. The Hall–Kier alpha value is -4.32. The number of urea groups is 1. The molecule has 0 unspecified atom stereocenters. The van der Waals surface area contributed by atoms with E-state index < -0.39 is 6.36 Å². The van der Waals surface area contributed by atoms with E-state index in [4.69, 9.17) is 0 Å². The van der Waals surface area contributed by atoms with Crippen LogP contribution in [0.3, 0.4) is 0 Å². The molecule has 0 atom stereocenters. The maximum absolute atomic E-state index is 12.7. The van der Waals surface area contributed by atoms with Gasteiger partial charge in [-0.1, -0.05) is 62.0 Å². The van der Waals surface area contributed by atoms with Crippen LogP contribution in [0.25, 0.3) is 17.1 Å². The number of nitrogens with one attached hydrogen (secondary N) is 1. The lowest BCUT2D eigenvalue weighted by atomic mass is 9.95. The summed E-state index contributed by atoms with van der Waals surface area (Å²) in [7, 11) is 0. The zero-order chi connectivity index (χ0) is 32.7. The summed E-state index contributed by atoms with van der Waals surface area (Å²) < 4.78 is 42.6. The second kappa shape index (κ2) is 14.8. The van der Waals surface area contributed by atoms with Gasteiger partial charge in [-0.2, -0.15) is 4.99 Å². The first-order chi connectivity index (χ1) is 22.1. The van der Waals surface area contributed by atoms with Crippen LogP contribution in [0.2, 0.25) is 0 Å². The van der Waals surface area contributed by atoms with Gasteiger partial charge >= 0.3 is 12.4 Å². The molecule has 4 aromatic rings. The fraction of sp³-hybridized carbons (Fsp3) is 0.353. The van der Waals surface area contributed by atoms with Crippen molar-refractivity contribution in [3.05, 3.63) is 89.7 Å². The fourth-order valence-corrected chi connectivity index (χ4v) is 6.39. The van der Waals surface area contributed by atoms with Crippen molar-refractivity contribution in [3.63, 3.8) is 0 Å². The minimum atomic E-state index is -4.74. The Morgan fingerprint density at radius 1 is 1.07 bits per heavy atom. The number of thioether (sulfide) groups is 1. The number of anilines is 1. The molecule has 8 nitrogen and oxygen atoms in total. The molecule has 242 valence electrons. The summed E-state index contributed by atoms with van der Waals surface area (Å²) in [5.74, 6) is 1.52. The highest BCUT2D eigenvalue weighted by Crippen LogP contribution is 2.34. The van der Waals surface area contributed by atoms with Crippen molar-refractivity contribution in [1.29, 1.82) is 0 Å². The topological polar surface area (TPSA) is 84.6 Å². The number of unbranched alkanes of at least 4 members (excludes halogenated alkanes) is 1. The van der Waals surface area contributed by atoms with Crippen LogP contribution in [0.4, 0.5) is 23.7 Å². The lowest BCUT2D eigenvalue weighted by Gasteiger charge is -2.32. The molecule has 1 aromatic heterocycles. The van der Waals surface area contributed by atoms with Gasteiger partial charge in [0, 0.05) is 30.1 Å². The molecule has 0 spiro atoms. The van der Waals surface area contributed by atoms with Crippen LogP contribution in [0.1, 0.15) is 55.7 Å². The average Bonchev–Trinajstić information content (AvgIpc) is 3.51. The highest BCUT2D eigenvalue weighted by molar-refractivity contribution is 8.14. The van der Waals surface area contributed by atoms with Crippen LogP contribution in [0.5, 0.6) is 5.75 Å². The van der Waals surface area contributed by atoms with E-state index in [0.717, 1.165) is 60.0 Å². The fourth-order valence-electron chi connectivity index (χ4n) is 5.44. The van der Waals surface area contributed by atoms with E-state index in [0.29, 0.717) is 24.0 Å². The zero-order valence-corrected chi connectivity index (χ0v) is 26.9. The molecule has 1 saturated heterocycles. The first-order valence-corrected chi connectivity index (χ1v) is 16.3. The molecular formula is C34H37F3N6O2S. The number of hydrogen-bond acceptors (Lipinski definition) is 5. The number of halogens is 3. The highest BCUT2D eigenvalue weighted by Gasteiger charge is 2.31. The van der Waals surface area contributed by atoms with Crippen LogP contribution < -0.4 is 15.0 Å². The van der Waals surface area contributed by atoms with Gasteiger partial charge in [-0.15, -0.1) is 18.3 Å². The van der Waals surface area contributed by atoms with Crippen LogP contribution >= 0.6 is 11.8 Å². The number of amides is 2. The molecule has 1 aliphatic rings. The van der Waals surface area contributed by atoms with Crippen LogP contribution in [-0.4, -0.2) is 51.2 Å². The molecule has 12 heteroatoms. The number of nitrogens with zero attached hydrogens (tertiary/aromatic N) is 5. The third-order valence-corrected chi connectivity index (χ3v) is 8.62. The molecule has 2 amide bonds. The van der Waals surface area contributed by atoms with Gasteiger partial charge in [0.05, 0.1) is 5.69 Å². The Kier molecular flexibility index (Phi) is 10.7. The van der Waals surface area contributed by atoms with Gasteiger partial charge in [-0.3, -0.25) is 0 Å². The maximum atomic E-state index is 12.7. The SMILES string of the molecule is Cc1cccc(N2CCCSC2=NC(=O)NCCCCc2ccc(-c3ncn(-c4ccc(OC(F)(F)F)cc4)n3)cc2)c1C(C)C. The third-order valence-electron chi connectivity index (χ3n) is 7.56. The number of hydrogen-bond donors (Lipinski definition) is 1. The second-order valence-corrected chi connectivity index (χ2v) is 12.4. The number of aliphatic imine (C=N–C) groups is 1. The molecule has 0 aliphatic carbocycles. The standard InChI is InChI=1S/C34H37F3N6O2S/c1-23(2)30-24(3)8-6-10-29(30)42-20-7-21-46-33(42)40-32(44)38-19-5-4-9-25-11-13-26(14-12-25)31-39-22-43(41-31)27-15-17-28(18-16-27)45-34(35,36)37/h6,8,10-18,22-23H,4-5,7,9,19-21H2,1-3H3,(H,38,44). The Balaban J connectivity index is 1.09. The van der Waals surface area contributed by atoms with Crippen LogP contribution in [0.15, 0.2) is 78.0 Å². The first-order valence-electron chi connectivity index (χ1n) is 15.3. The lowest BCUT2D eigenvalue weighted by Crippen LogP contribution is -2.36. The number of ether oxygens (including phenoxy) is 1. The number of carbonyl (C=O) groups is 1. The number of alkyl halides is 3. The Morgan fingerprint density at radius 2 is 1.83 bits per heavy atom. The molecule has 0 radical (unpaired) electrons. The van der Waals surface area contributed by atoms with Gasteiger partial charge in [0.15, 0.2) is 11.0 Å². The summed E-state index contributed by atoms with van der Waals surface area (Å²) in [5, 5.41) is 8.16. The van der Waals surface area contributed by atoms with Gasteiger partial charge in [-0.25, -0.2) is 14.5 Å². The van der Waals surface area contributed by atoms with Crippen molar-refractivity contribution in [2.45, 2.75) is 58.7 Å². The molecule has 2 heterocycles. The van der Waals surface area contributed by atoms with E-state index in [9.17, 15) is 18.0 Å². The minimum Gasteiger partial charge on any atom is -0.406 e. The van der Waals surface area contributed by atoms with E-state index >= 15 is 0 Å². The summed E-state index contributed by atoms with van der Waals surface area (Å²) in [6.07, 6.45) is 0.393. The molecule has 0 bridgehead atoms. The molecule has 1 aliphatic heterocycles. The summed E-state index contributed by atoms with van der Waals surface area (Å²) in [4.78, 5) is 23.7. The Bertz CT molecular complexity index is 1650. The normalized spacial score (nSPS) is 14.6. The van der Waals surface area contributed by atoms with Crippen molar-refractivity contribution in [3.8, 4) is 22.8 Å². The zero-order valence-electron chi connectivity index (χ0n) is 26.1. The monoisotopic (exact) mass is 650 g/mol. The number of aromatic nitrogens is 3. The average molecular weight is 651 g/mol. The molecule has 46 heavy (non-hydrogen) atoms. The Labute approximate surface area is 271 Å². The molecular weight excluding hydrogens is 613 g/mol. The van der Waals surface area contributed by atoms with Crippen molar-refractivity contribution in [1.82, 2.24) is 20.1 Å². The quantitative estimate of drug-likeness (QED) is 0.174. The summed E-state index contributed by atoms with van der Waals surface area (Å²) in [5.41, 5.74) is 6.22. The lowest BCUT2D eigenvalue weighted by molar-refractivity contribution is -0.274. The summed E-state index contributed by atoms with van der Waals surface area (Å²) in [6.45, 7) is 7.92. The number of aryl methyl sites for hydroxylation is 2. The predicted molar refractivity (Wildman–Crippen MR) is 177 cm³/mol. The van der Waals surface area contributed by atoms with Gasteiger partial charge in [0.2, 0.25) is 0 Å². The maximum Gasteiger partial charge on any atom is 0.573 e. The van der Waals surface area contributed by atoms with E-state index in [1.807, 2.05) is 24.3 Å². The minimum absolute atomic E-state index is 0.299. The predicted octanol–water partition coefficient (Wildman–Crippen LogP) is 8.30. The van der Waals surface area contributed by atoms with Gasteiger partial charge in [-0.05, 0) is 85.5 Å². The van der Waals surface area contributed by atoms with Gasteiger partial charge < -0.3 is 15.0 Å². The molecule has 1 fully saturated rings. The van der Waals surface area contributed by atoms with Crippen molar-refractivity contribution in [2.24, 2.45) is 4.99 Å². The molecule has 0 saturated carbocycles. The molecule has 5 rings (SSSR count). The van der Waals surface area contributed by atoms with Crippen LogP contribution in [0, 0.1) is 6.92 Å². The number of amidine groups is 1. The number of carbonyl (C=O) groups excluding carboxylic acids is 1. The second-order valence-electron chi connectivity index (χ2n) is 11.4. The smallest absolute Gasteiger partial charge is 0.406 e. The summed E-state index contributed by atoms with van der Waals surface area (Å²) >= 11 is 1.63. The molecule has 3 aromatic carbocycles. The highest BCUT2D eigenvalue weighted by atomic mass is 32.2. The first kappa shape index (κ1) is 33.1. The van der Waals surface area contributed by atoms with Crippen molar-refractivity contribution < 1.29 is 22.7 Å². The number of benzene rings is 3. The van der Waals surface area contributed by atoms with Crippen LogP contribution in [-0.2, 0) is 6.42 Å². The van der Waals surface area contributed by atoms with E-state index in [1.54, 1.807) is 11.8 Å². The van der Waals surface area contributed by atoms with Crippen molar-refractivity contribution >= 4 is 28.6 Å². The van der Waals surface area contributed by atoms with E-state index in [2.05, 4.69) is 69.0 Å².